The van der Waals surface area contributed by atoms with E-state index in [1.807, 2.05) is 36.4 Å². The molecule has 2 aromatic rings. The number of carboxylic acid groups (broad SMARTS) is 1. The number of hydrogen-bond acceptors (Lipinski definition) is 5. The van der Waals surface area contributed by atoms with Gasteiger partial charge in [0, 0.05) is 26.1 Å². The molecular formula is C25H28N2O6. The van der Waals surface area contributed by atoms with Crippen LogP contribution in [0.3, 0.4) is 0 Å². The van der Waals surface area contributed by atoms with Gasteiger partial charge in [-0.1, -0.05) is 48.5 Å². The average Bonchev–Trinajstić information content (AvgIpc) is 3.44. The molecule has 0 aromatic heterocycles. The molecule has 33 heavy (non-hydrogen) atoms. The van der Waals surface area contributed by atoms with Crippen molar-refractivity contribution >= 4 is 18.0 Å². The SMILES string of the molecule is CO[C@H](C)[C@H](NC(=O)OCC1c2ccccc2-c2ccccc21)C(=O)N1CCC(C(=O)O)C1. The third-order valence-electron chi connectivity index (χ3n) is 6.57. The molecule has 1 heterocycles. The van der Waals surface area contributed by atoms with Crippen LogP contribution < -0.4 is 5.32 Å². The highest BCUT2D eigenvalue weighted by Crippen LogP contribution is 2.44. The summed E-state index contributed by atoms with van der Waals surface area (Å²) in [5.41, 5.74) is 4.46. The number of alkyl carbamates (subject to hydrolysis) is 1. The second-order valence-corrected chi connectivity index (χ2v) is 8.50. The highest BCUT2D eigenvalue weighted by molar-refractivity contribution is 5.87. The van der Waals surface area contributed by atoms with Crippen LogP contribution in [0.5, 0.6) is 0 Å². The molecular weight excluding hydrogens is 424 g/mol. The summed E-state index contributed by atoms with van der Waals surface area (Å²) in [6.45, 7) is 2.26. The zero-order valence-corrected chi connectivity index (χ0v) is 18.7. The highest BCUT2D eigenvalue weighted by Gasteiger charge is 2.37. The van der Waals surface area contributed by atoms with Gasteiger partial charge in [-0.15, -0.1) is 0 Å². The van der Waals surface area contributed by atoms with Gasteiger partial charge in [0.25, 0.3) is 0 Å². The second kappa shape index (κ2) is 9.62. The van der Waals surface area contributed by atoms with Gasteiger partial charge in [0.1, 0.15) is 12.6 Å². The lowest BCUT2D eigenvalue weighted by Crippen LogP contribution is -2.54. The van der Waals surface area contributed by atoms with E-state index in [1.165, 1.54) is 12.0 Å². The zero-order chi connectivity index (χ0) is 23.5. The van der Waals surface area contributed by atoms with E-state index < -0.39 is 30.1 Å². The van der Waals surface area contributed by atoms with Crippen LogP contribution in [0.25, 0.3) is 11.1 Å². The lowest BCUT2D eigenvalue weighted by atomic mass is 9.98. The molecule has 8 heteroatoms. The van der Waals surface area contributed by atoms with Crippen molar-refractivity contribution in [3.8, 4) is 11.1 Å². The van der Waals surface area contributed by atoms with Crippen molar-refractivity contribution in [2.75, 3.05) is 26.8 Å². The number of carbonyl (C=O) groups excluding carboxylic acids is 2. The molecule has 0 saturated carbocycles. The number of hydrogen-bond donors (Lipinski definition) is 2. The van der Waals surface area contributed by atoms with Crippen molar-refractivity contribution in [2.45, 2.75) is 31.4 Å². The Morgan fingerprint density at radius 3 is 2.24 bits per heavy atom. The van der Waals surface area contributed by atoms with Gasteiger partial charge in [-0.2, -0.15) is 0 Å². The molecule has 174 valence electrons. The minimum Gasteiger partial charge on any atom is -0.481 e. The summed E-state index contributed by atoms with van der Waals surface area (Å²) in [4.78, 5) is 38.4. The summed E-state index contributed by atoms with van der Waals surface area (Å²) in [7, 11) is 1.45. The predicted octanol–water partition coefficient (Wildman–Crippen LogP) is 2.86. The summed E-state index contributed by atoms with van der Waals surface area (Å²) in [5.74, 6) is -1.98. The van der Waals surface area contributed by atoms with Crippen LogP contribution in [-0.4, -0.2) is 66.9 Å². The lowest BCUT2D eigenvalue weighted by molar-refractivity contribution is -0.141. The summed E-state index contributed by atoms with van der Waals surface area (Å²) in [5, 5.41) is 11.8. The number of likely N-dealkylation sites (tertiary alicyclic amines) is 1. The van der Waals surface area contributed by atoms with Crippen molar-refractivity contribution in [1.82, 2.24) is 10.2 Å². The topological polar surface area (TPSA) is 105 Å². The van der Waals surface area contributed by atoms with Crippen LogP contribution in [-0.2, 0) is 19.1 Å². The first-order valence-electron chi connectivity index (χ1n) is 11.1. The number of amides is 2. The monoisotopic (exact) mass is 452 g/mol. The largest absolute Gasteiger partial charge is 0.481 e. The maximum atomic E-state index is 13.0. The molecule has 1 unspecified atom stereocenters. The maximum absolute atomic E-state index is 13.0. The van der Waals surface area contributed by atoms with Gasteiger partial charge in [-0.3, -0.25) is 9.59 Å². The quantitative estimate of drug-likeness (QED) is 0.669. The van der Waals surface area contributed by atoms with Gasteiger partial charge in [-0.25, -0.2) is 4.79 Å². The summed E-state index contributed by atoms with van der Waals surface area (Å²) < 4.78 is 10.9. The number of carbonyl (C=O) groups is 3. The summed E-state index contributed by atoms with van der Waals surface area (Å²) >= 11 is 0. The number of benzene rings is 2. The normalized spacial score (nSPS) is 18.8. The fourth-order valence-corrected chi connectivity index (χ4v) is 4.64. The van der Waals surface area contributed by atoms with Gasteiger partial charge in [-0.05, 0) is 35.6 Å². The van der Waals surface area contributed by atoms with Crippen LogP contribution in [0.4, 0.5) is 4.79 Å². The third-order valence-corrected chi connectivity index (χ3v) is 6.57. The molecule has 1 aliphatic heterocycles. The van der Waals surface area contributed by atoms with Gasteiger partial charge < -0.3 is 24.8 Å². The minimum atomic E-state index is -0.974. The van der Waals surface area contributed by atoms with Crippen LogP contribution in [0, 0.1) is 5.92 Å². The average molecular weight is 453 g/mol. The molecule has 1 aliphatic carbocycles. The predicted molar refractivity (Wildman–Crippen MR) is 121 cm³/mol. The van der Waals surface area contributed by atoms with Gasteiger partial charge in [0.05, 0.1) is 12.0 Å². The van der Waals surface area contributed by atoms with Gasteiger partial charge in [0.15, 0.2) is 0 Å². The van der Waals surface area contributed by atoms with E-state index >= 15 is 0 Å². The smallest absolute Gasteiger partial charge is 0.407 e. The molecule has 8 nitrogen and oxygen atoms in total. The van der Waals surface area contributed by atoms with Crippen molar-refractivity contribution < 1.29 is 29.0 Å². The minimum absolute atomic E-state index is 0.0907. The van der Waals surface area contributed by atoms with Crippen LogP contribution in [0.2, 0.25) is 0 Å². The van der Waals surface area contributed by atoms with E-state index in [4.69, 9.17) is 9.47 Å². The van der Waals surface area contributed by atoms with Crippen molar-refractivity contribution in [3.63, 3.8) is 0 Å². The van der Waals surface area contributed by atoms with E-state index in [2.05, 4.69) is 17.4 Å². The highest BCUT2D eigenvalue weighted by atomic mass is 16.5. The molecule has 0 spiro atoms. The number of rotatable bonds is 7. The third kappa shape index (κ3) is 4.57. The molecule has 1 saturated heterocycles. The number of nitrogens with one attached hydrogen (secondary N) is 1. The zero-order valence-electron chi connectivity index (χ0n) is 18.7. The molecule has 2 amide bonds. The molecule has 2 aliphatic rings. The fourth-order valence-electron chi connectivity index (χ4n) is 4.64. The second-order valence-electron chi connectivity index (χ2n) is 8.50. The number of ether oxygens (including phenoxy) is 2. The molecule has 3 atom stereocenters. The standard InChI is InChI=1S/C25H28N2O6/c1-15(32-2)22(23(28)27-12-11-16(13-27)24(29)30)26-25(31)33-14-21-19-9-5-3-7-17(19)18-8-4-6-10-20(18)21/h3-10,15-16,21-22H,11-14H2,1-2H3,(H,26,31)(H,29,30)/t15-,16?,22+/m1/s1. The number of fused-ring (bicyclic) bond motifs is 3. The van der Waals surface area contributed by atoms with E-state index in [-0.39, 0.29) is 25.0 Å². The fraction of sp³-hybridized carbons (Fsp3) is 0.400. The lowest BCUT2D eigenvalue weighted by Gasteiger charge is -2.27. The van der Waals surface area contributed by atoms with Gasteiger partial charge >= 0.3 is 12.1 Å². The Morgan fingerprint density at radius 2 is 1.70 bits per heavy atom. The van der Waals surface area contributed by atoms with Crippen LogP contribution >= 0.6 is 0 Å². The van der Waals surface area contributed by atoms with Crippen molar-refractivity contribution in [1.29, 1.82) is 0 Å². The molecule has 0 bridgehead atoms. The Morgan fingerprint density at radius 1 is 1.09 bits per heavy atom. The number of carboxylic acids is 1. The Kier molecular flexibility index (Phi) is 6.65. The first-order valence-corrected chi connectivity index (χ1v) is 11.1. The maximum Gasteiger partial charge on any atom is 0.407 e. The first-order chi connectivity index (χ1) is 15.9. The number of aliphatic carboxylic acids is 1. The Labute approximate surface area is 192 Å². The number of methoxy groups -OCH3 is 1. The van der Waals surface area contributed by atoms with Crippen LogP contribution in [0.15, 0.2) is 48.5 Å². The molecule has 2 N–H and O–H groups in total. The Hall–Kier alpha value is -3.39. The van der Waals surface area contributed by atoms with E-state index in [1.54, 1.807) is 6.92 Å². The Balaban J connectivity index is 1.42. The van der Waals surface area contributed by atoms with Crippen LogP contribution in [0.1, 0.15) is 30.4 Å². The van der Waals surface area contributed by atoms with Gasteiger partial charge in [0.2, 0.25) is 5.91 Å². The van der Waals surface area contributed by atoms with E-state index in [0.717, 1.165) is 22.3 Å². The number of nitrogens with zero attached hydrogens (tertiary/aromatic N) is 1. The van der Waals surface area contributed by atoms with Crippen molar-refractivity contribution in [3.05, 3.63) is 59.7 Å². The molecule has 1 fully saturated rings. The summed E-state index contributed by atoms with van der Waals surface area (Å²) in [6.07, 6.45) is -0.935. The van der Waals surface area contributed by atoms with Crippen molar-refractivity contribution in [2.24, 2.45) is 5.92 Å². The molecule has 0 radical (unpaired) electrons. The van der Waals surface area contributed by atoms with E-state index in [0.29, 0.717) is 13.0 Å². The molecule has 2 aromatic carbocycles. The molecule has 4 rings (SSSR count). The van der Waals surface area contributed by atoms with E-state index in [9.17, 15) is 19.5 Å². The first kappa shape index (κ1) is 22.8. The Bertz CT molecular complexity index is 1010. The summed E-state index contributed by atoms with van der Waals surface area (Å²) in [6, 6.07) is 15.1.